The summed E-state index contributed by atoms with van der Waals surface area (Å²) in [6.45, 7) is 0.508. The molecule has 0 spiro atoms. The third-order valence-electron chi connectivity index (χ3n) is 2.18. The fraction of sp³-hybridized carbons (Fsp3) is 0.455. The first-order valence-corrected chi connectivity index (χ1v) is 4.71. The zero-order chi connectivity index (χ0) is 11.1. The van der Waals surface area contributed by atoms with Crippen LogP contribution < -0.4 is 0 Å². The molecule has 82 valence electrons. The Morgan fingerprint density at radius 1 is 1.40 bits per heavy atom. The molecular formula is C11H14O4. The molecule has 0 bridgehead atoms. The third-order valence-corrected chi connectivity index (χ3v) is 2.18. The number of aldehydes is 1. The van der Waals surface area contributed by atoms with E-state index in [4.69, 9.17) is 9.47 Å². The molecule has 0 atom stereocenters. The van der Waals surface area contributed by atoms with Crippen molar-refractivity contribution in [2.45, 2.75) is 12.0 Å². The number of allylic oxidation sites excluding steroid dienone is 2. The van der Waals surface area contributed by atoms with Crippen LogP contribution in [-0.4, -0.2) is 38.0 Å². The predicted octanol–water partition coefficient (Wildman–Crippen LogP) is 0.672. The highest BCUT2D eigenvalue weighted by Crippen LogP contribution is 2.23. The number of ketones is 1. The van der Waals surface area contributed by atoms with Crippen LogP contribution in [0.4, 0.5) is 0 Å². The van der Waals surface area contributed by atoms with Gasteiger partial charge in [-0.3, -0.25) is 4.79 Å². The SMILES string of the molecule is COCCC1(OCC=O)C=CC(=O)C=C1. The molecule has 0 unspecified atom stereocenters. The minimum atomic E-state index is -0.676. The van der Waals surface area contributed by atoms with E-state index in [0.29, 0.717) is 19.3 Å². The Bertz CT molecular complexity index is 275. The molecule has 0 saturated carbocycles. The van der Waals surface area contributed by atoms with Crippen LogP contribution in [0.5, 0.6) is 0 Å². The largest absolute Gasteiger partial charge is 0.385 e. The van der Waals surface area contributed by atoms with Crippen molar-refractivity contribution in [1.29, 1.82) is 0 Å². The van der Waals surface area contributed by atoms with E-state index >= 15 is 0 Å². The Morgan fingerprint density at radius 3 is 2.60 bits per heavy atom. The van der Waals surface area contributed by atoms with Gasteiger partial charge in [-0.15, -0.1) is 0 Å². The van der Waals surface area contributed by atoms with Crippen LogP contribution in [0.2, 0.25) is 0 Å². The van der Waals surface area contributed by atoms with Gasteiger partial charge in [0.2, 0.25) is 0 Å². The molecule has 0 saturated heterocycles. The van der Waals surface area contributed by atoms with Gasteiger partial charge in [-0.25, -0.2) is 0 Å². The van der Waals surface area contributed by atoms with Crippen LogP contribution in [0.1, 0.15) is 6.42 Å². The van der Waals surface area contributed by atoms with E-state index in [9.17, 15) is 9.59 Å². The first-order chi connectivity index (χ1) is 7.22. The van der Waals surface area contributed by atoms with E-state index in [1.54, 1.807) is 19.3 Å². The molecule has 0 fully saturated rings. The van der Waals surface area contributed by atoms with Crippen LogP contribution in [0.25, 0.3) is 0 Å². The molecule has 0 aromatic rings. The lowest BCUT2D eigenvalue weighted by molar-refractivity contribution is -0.115. The minimum Gasteiger partial charge on any atom is -0.385 e. The first kappa shape index (κ1) is 11.8. The second kappa shape index (κ2) is 5.58. The molecule has 4 nitrogen and oxygen atoms in total. The zero-order valence-electron chi connectivity index (χ0n) is 8.64. The molecule has 0 aromatic carbocycles. The Labute approximate surface area is 88.6 Å². The van der Waals surface area contributed by atoms with Gasteiger partial charge in [-0.05, 0) is 24.3 Å². The molecule has 1 aliphatic carbocycles. The number of carbonyl (C=O) groups is 2. The zero-order valence-corrected chi connectivity index (χ0v) is 8.64. The maximum Gasteiger partial charge on any atom is 0.178 e. The smallest absolute Gasteiger partial charge is 0.178 e. The Kier molecular flexibility index (Phi) is 4.39. The molecule has 15 heavy (non-hydrogen) atoms. The van der Waals surface area contributed by atoms with Crippen LogP contribution in [-0.2, 0) is 19.1 Å². The average molecular weight is 210 g/mol. The number of hydrogen-bond acceptors (Lipinski definition) is 4. The van der Waals surface area contributed by atoms with Crippen molar-refractivity contribution >= 4 is 12.1 Å². The molecule has 0 aromatic heterocycles. The lowest BCUT2D eigenvalue weighted by Gasteiger charge is -2.28. The lowest BCUT2D eigenvalue weighted by Crippen LogP contribution is -2.32. The maximum atomic E-state index is 11.0. The van der Waals surface area contributed by atoms with Gasteiger partial charge < -0.3 is 14.3 Å². The van der Waals surface area contributed by atoms with Gasteiger partial charge in [-0.2, -0.15) is 0 Å². The fourth-order valence-electron chi connectivity index (χ4n) is 1.34. The number of ether oxygens (including phenoxy) is 2. The van der Waals surface area contributed by atoms with Crippen LogP contribution >= 0.6 is 0 Å². The van der Waals surface area contributed by atoms with E-state index in [0.717, 1.165) is 0 Å². The average Bonchev–Trinajstić information content (AvgIpc) is 2.27. The van der Waals surface area contributed by atoms with Gasteiger partial charge in [0, 0.05) is 20.1 Å². The van der Waals surface area contributed by atoms with Crippen LogP contribution in [0.3, 0.4) is 0 Å². The Hall–Kier alpha value is -1.26. The predicted molar refractivity (Wildman–Crippen MR) is 54.5 cm³/mol. The molecule has 0 heterocycles. The summed E-state index contributed by atoms with van der Waals surface area (Å²) in [4.78, 5) is 21.2. The van der Waals surface area contributed by atoms with E-state index in [1.165, 1.54) is 12.2 Å². The lowest BCUT2D eigenvalue weighted by atomic mass is 9.94. The highest BCUT2D eigenvalue weighted by molar-refractivity contribution is 6.00. The standard InChI is InChI=1S/C11H14O4/c1-14-8-6-11(15-9-7-12)4-2-10(13)3-5-11/h2-5,7H,6,8-9H2,1H3. The normalized spacial score (nSPS) is 18.1. The summed E-state index contributed by atoms with van der Waals surface area (Å²) in [5, 5.41) is 0. The molecule has 0 radical (unpaired) electrons. The molecule has 0 aliphatic heterocycles. The van der Waals surface area contributed by atoms with Crippen molar-refractivity contribution in [3.8, 4) is 0 Å². The number of hydrogen-bond donors (Lipinski definition) is 0. The van der Waals surface area contributed by atoms with E-state index in [-0.39, 0.29) is 12.4 Å². The van der Waals surface area contributed by atoms with Gasteiger partial charge in [0.1, 0.15) is 18.5 Å². The first-order valence-electron chi connectivity index (χ1n) is 4.71. The topological polar surface area (TPSA) is 52.6 Å². The summed E-state index contributed by atoms with van der Waals surface area (Å²) in [7, 11) is 1.59. The van der Waals surface area contributed by atoms with Crippen molar-refractivity contribution in [3.63, 3.8) is 0 Å². The van der Waals surface area contributed by atoms with Crippen molar-refractivity contribution in [2.75, 3.05) is 20.3 Å². The number of methoxy groups -OCH3 is 1. The molecular weight excluding hydrogens is 196 g/mol. The third kappa shape index (κ3) is 3.42. The molecule has 0 amide bonds. The van der Waals surface area contributed by atoms with Crippen molar-refractivity contribution < 1.29 is 19.1 Å². The van der Waals surface area contributed by atoms with E-state index in [2.05, 4.69) is 0 Å². The van der Waals surface area contributed by atoms with Gasteiger partial charge in [0.25, 0.3) is 0 Å². The maximum absolute atomic E-state index is 11.0. The summed E-state index contributed by atoms with van der Waals surface area (Å²) in [5.74, 6) is -0.0715. The fourth-order valence-corrected chi connectivity index (χ4v) is 1.34. The second-order valence-corrected chi connectivity index (χ2v) is 3.24. The van der Waals surface area contributed by atoms with E-state index in [1.807, 2.05) is 0 Å². The van der Waals surface area contributed by atoms with Gasteiger partial charge in [-0.1, -0.05) is 0 Å². The van der Waals surface area contributed by atoms with Gasteiger partial charge in [0.15, 0.2) is 5.78 Å². The van der Waals surface area contributed by atoms with Crippen molar-refractivity contribution in [1.82, 2.24) is 0 Å². The number of rotatable bonds is 6. The van der Waals surface area contributed by atoms with Crippen LogP contribution in [0, 0.1) is 0 Å². The Balaban J connectivity index is 2.68. The molecule has 4 heteroatoms. The quantitative estimate of drug-likeness (QED) is 0.605. The molecule has 1 rings (SSSR count). The van der Waals surface area contributed by atoms with E-state index < -0.39 is 5.60 Å². The Morgan fingerprint density at radius 2 is 2.07 bits per heavy atom. The summed E-state index contributed by atoms with van der Waals surface area (Å²) in [6, 6.07) is 0. The van der Waals surface area contributed by atoms with Crippen molar-refractivity contribution in [2.24, 2.45) is 0 Å². The molecule has 0 N–H and O–H groups in total. The van der Waals surface area contributed by atoms with Crippen LogP contribution in [0.15, 0.2) is 24.3 Å². The highest BCUT2D eigenvalue weighted by atomic mass is 16.5. The summed E-state index contributed by atoms with van der Waals surface area (Å²) < 4.78 is 10.4. The summed E-state index contributed by atoms with van der Waals surface area (Å²) in [5.41, 5.74) is -0.676. The summed E-state index contributed by atoms with van der Waals surface area (Å²) >= 11 is 0. The highest BCUT2D eigenvalue weighted by Gasteiger charge is 2.27. The minimum absolute atomic E-state index is 0.00653. The van der Waals surface area contributed by atoms with Crippen molar-refractivity contribution in [3.05, 3.63) is 24.3 Å². The van der Waals surface area contributed by atoms with Gasteiger partial charge in [0.05, 0.1) is 0 Å². The summed E-state index contributed by atoms with van der Waals surface area (Å²) in [6.07, 6.45) is 7.49. The van der Waals surface area contributed by atoms with Gasteiger partial charge >= 0.3 is 0 Å². The molecule has 1 aliphatic rings. The second-order valence-electron chi connectivity index (χ2n) is 3.24. The number of carbonyl (C=O) groups excluding carboxylic acids is 2. The monoisotopic (exact) mass is 210 g/mol.